The number of amides is 2. The van der Waals surface area contributed by atoms with E-state index in [9.17, 15) is 24.3 Å². The predicted molar refractivity (Wildman–Crippen MR) is 150 cm³/mol. The first-order chi connectivity index (χ1) is 18.0. The fourth-order valence-electron chi connectivity index (χ4n) is 3.01. The molecule has 200 valence electrons. The van der Waals surface area contributed by atoms with Crippen molar-refractivity contribution < 1.29 is 29.0 Å². The molecule has 0 unspecified atom stereocenters. The number of anilines is 2. The Morgan fingerprint density at radius 1 is 1.03 bits per heavy atom. The van der Waals surface area contributed by atoms with E-state index in [1.807, 2.05) is 0 Å². The second-order valence-corrected chi connectivity index (χ2v) is 10.7. The van der Waals surface area contributed by atoms with Crippen molar-refractivity contribution in [1.82, 2.24) is 4.98 Å². The molecule has 0 aliphatic carbocycles. The number of hydrogen-bond acceptors (Lipinski definition) is 8. The van der Waals surface area contributed by atoms with Gasteiger partial charge in [0.15, 0.2) is 5.13 Å². The highest BCUT2D eigenvalue weighted by Crippen LogP contribution is 2.42. The number of carbonyl (C=O) groups excluding carboxylic acids is 3. The summed E-state index contributed by atoms with van der Waals surface area (Å²) in [6.45, 7) is 1.98. The summed E-state index contributed by atoms with van der Waals surface area (Å²) >= 11 is 26.5. The monoisotopic (exact) mass is 635 g/mol. The maximum absolute atomic E-state index is 12.9. The minimum Gasteiger partial charge on any atom is -0.478 e. The SMILES string of the molecule is CCOC(=O)Cc1csc(NC(=O)CSc2cccc(NC(=O)c3c(Cl)c(Cl)c(Cl)c(Cl)c3C(=O)O)c2)n1. The van der Waals surface area contributed by atoms with Gasteiger partial charge in [-0.2, -0.15) is 0 Å². The molecule has 3 aromatic rings. The van der Waals surface area contributed by atoms with Crippen molar-refractivity contribution in [3.8, 4) is 0 Å². The van der Waals surface area contributed by atoms with Crippen molar-refractivity contribution in [3.63, 3.8) is 0 Å². The zero-order valence-electron chi connectivity index (χ0n) is 19.3. The Bertz CT molecular complexity index is 1420. The molecule has 2 aromatic carbocycles. The minimum atomic E-state index is -1.51. The molecule has 0 atom stereocenters. The first-order valence-corrected chi connectivity index (χ1v) is 13.9. The quantitative estimate of drug-likeness (QED) is 0.0988. The molecule has 0 saturated carbocycles. The predicted octanol–water partition coefficient (Wildman–Crippen LogP) is 6.54. The van der Waals surface area contributed by atoms with Crippen molar-refractivity contribution >= 4 is 104 Å². The zero-order chi connectivity index (χ0) is 28.0. The van der Waals surface area contributed by atoms with E-state index < -0.39 is 34.0 Å². The average Bonchev–Trinajstić information content (AvgIpc) is 3.29. The van der Waals surface area contributed by atoms with Gasteiger partial charge in [0, 0.05) is 16.0 Å². The van der Waals surface area contributed by atoms with Gasteiger partial charge in [0.05, 0.1) is 55.7 Å². The van der Waals surface area contributed by atoms with E-state index in [-0.39, 0.29) is 39.8 Å². The van der Waals surface area contributed by atoms with Crippen LogP contribution in [0.3, 0.4) is 0 Å². The summed E-state index contributed by atoms with van der Waals surface area (Å²) in [5, 5.41) is 15.5. The lowest BCUT2D eigenvalue weighted by Crippen LogP contribution is -2.18. The lowest BCUT2D eigenvalue weighted by Gasteiger charge is -2.14. The number of thiazole rings is 1. The van der Waals surface area contributed by atoms with Gasteiger partial charge >= 0.3 is 11.9 Å². The molecule has 0 saturated heterocycles. The Balaban J connectivity index is 1.65. The summed E-state index contributed by atoms with van der Waals surface area (Å²) in [7, 11) is 0. The smallest absolute Gasteiger partial charge is 0.338 e. The Hall–Kier alpha value is -2.54. The molecule has 3 N–H and O–H groups in total. The lowest BCUT2D eigenvalue weighted by molar-refractivity contribution is -0.142. The highest BCUT2D eigenvalue weighted by atomic mass is 35.5. The van der Waals surface area contributed by atoms with Crippen LogP contribution in [-0.2, 0) is 20.7 Å². The topological polar surface area (TPSA) is 135 Å². The molecule has 0 aliphatic heterocycles. The fourth-order valence-corrected chi connectivity index (χ4v) is 5.51. The number of aromatic carboxylic acids is 1. The Morgan fingerprint density at radius 2 is 1.71 bits per heavy atom. The van der Waals surface area contributed by atoms with E-state index in [1.165, 1.54) is 23.1 Å². The molecular formula is C23H17Cl4N3O6S2. The fraction of sp³-hybridized carbons (Fsp3) is 0.174. The van der Waals surface area contributed by atoms with E-state index >= 15 is 0 Å². The number of nitrogens with zero attached hydrogens (tertiary/aromatic N) is 1. The molecule has 3 rings (SSSR count). The third-order valence-electron chi connectivity index (χ3n) is 4.60. The Kier molecular flexibility index (Phi) is 10.7. The van der Waals surface area contributed by atoms with Gasteiger partial charge in [0.25, 0.3) is 5.91 Å². The molecule has 38 heavy (non-hydrogen) atoms. The van der Waals surface area contributed by atoms with Gasteiger partial charge in [0.2, 0.25) is 5.91 Å². The van der Waals surface area contributed by atoms with Gasteiger partial charge in [-0.05, 0) is 25.1 Å². The van der Waals surface area contributed by atoms with Crippen LogP contribution in [-0.4, -0.2) is 46.2 Å². The maximum atomic E-state index is 12.9. The molecule has 0 bridgehead atoms. The molecule has 2 amide bonds. The van der Waals surface area contributed by atoms with E-state index in [0.717, 1.165) is 0 Å². The third kappa shape index (κ3) is 7.52. The van der Waals surface area contributed by atoms with E-state index in [0.29, 0.717) is 21.4 Å². The number of aromatic nitrogens is 1. The molecule has 0 aliphatic rings. The van der Waals surface area contributed by atoms with Crippen LogP contribution in [0.5, 0.6) is 0 Å². The highest BCUT2D eigenvalue weighted by molar-refractivity contribution is 8.00. The summed E-state index contributed by atoms with van der Waals surface area (Å²) in [4.78, 5) is 53.4. The first-order valence-electron chi connectivity index (χ1n) is 10.5. The number of esters is 1. The standard InChI is InChI=1S/C23H17Cl4N3O6S2/c1-2-36-14(32)7-11-8-38-23(29-11)30-13(31)9-37-12-5-3-4-10(6-12)28-21(33)15-16(22(34)35)18(25)20(27)19(26)17(15)24/h3-6,8H,2,7,9H2,1H3,(H,28,33)(H,34,35)(H,29,30,31). The van der Waals surface area contributed by atoms with Crippen LogP contribution in [0.25, 0.3) is 0 Å². The summed E-state index contributed by atoms with van der Waals surface area (Å²) in [5.41, 5.74) is -0.229. The summed E-state index contributed by atoms with van der Waals surface area (Å²) in [5.74, 6) is -3.08. The zero-order valence-corrected chi connectivity index (χ0v) is 23.9. The van der Waals surface area contributed by atoms with E-state index in [4.69, 9.17) is 51.1 Å². The minimum absolute atomic E-state index is 0.0150. The molecule has 0 radical (unpaired) electrons. The molecule has 9 nitrogen and oxygen atoms in total. The largest absolute Gasteiger partial charge is 0.478 e. The highest BCUT2D eigenvalue weighted by Gasteiger charge is 2.29. The summed E-state index contributed by atoms with van der Waals surface area (Å²) in [6, 6.07) is 6.51. The van der Waals surface area contributed by atoms with Crippen molar-refractivity contribution in [3.05, 3.63) is 66.6 Å². The number of hydrogen-bond donors (Lipinski definition) is 3. The van der Waals surface area contributed by atoms with Crippen molar-refractivity contribution in [2.45, 2.75) is 18.2 Å². The third-order valence-corrected chi connectivity index (χ3v) is 8.20. The van der Waals surface area contributed by atoms with Crippen LogP contribution in [0, 0.1) is 0 Å². The molecule has 1 heterocycles. The number of carboxylic acids is 1. The van der Waals surface area contributed by atoms with E-state index in [1.54, 1.807) is 36.6 Å². The number of thioether (sulfide) groups is 1. The number of nitrogens with one attached hydrogen (secondary N) is 2. The van der Waals surface area contributed by atoms with Gasteiger partial charge in [-0.3, -0.25) is 14.4 Å². The van der Waals surface area contributed by atoms with Crippen molar-refractivity contribution in [2.24, 2.45) is 0 Å². The van der Waals surface area contributed by atoms with Crippen LogP contribution >= 0.6 is 69.5 Å². The Morgan fingerprint density at radius 3 is 2.37 bits per heavy atom. The van der Waals surface area contributed by atoms with Crippen molar-refractivity contribution in [2.75, 3.05) is 23.0 Å². The molecule has 0 fully saturated rings. The number of rotatable bonds is 10. The van der Waals surface area contributed by atoms with Crippen LogP contribution < -0.4 is 10.6 Å². The van der Waals surface area contributed by atoms with Gasteiger partial charge < -0.3 is 20.5 Å². The van der Waals surface area contributed by atoms with Crippen molar-refractivity contribution in [1.29, 1.82) is 0 Å². The number of benzene rings is 2. The van der Waals surface area contributed by atoms with Gasteiger partial charge in [-0.1, -0.05) is 52.5 Å². The van der Waals surface area contributed by atoms with Crippen LogP contribution in [0.2, 0.25) is 20.1 Å². The number of halogens is 4. The second-order valence-electron chi connectivity index (χ2n) is 7.26. The second kappa shape index (κ2) is 13.5. The average molecular weight is 637 g/mol. The number of carboxylic acid groups (broad SMARTS) is 1. The van der Waals surface area contributed by atoms with Gasteiger partial charge in [-0.25, -0.2) is 9.78 Å². The Labute approximate surface area is 244 Å². The van der Waals surface area contributed by atoms with E-state index in [2.05, 4.69) is 15.6 Å². The molecule has 0 spiro atoms. The van der Waals surface area contributed by atoms with Gasteiger partial charge in [0.1, 0.15) is 0 Å². The van der Waals surface area contributed by atoms with Crippen LogP contribution in [0.1, 0.15) is 33.3 Å². The van der Waals surface area contributed by atoms with Crippen LogP contribution in [0.15, 0.2) is 34.5 Å². The first kappa shape index (κ1) is 30.0. The van der Waals surface area contributed by atoms with Crippen LogP contribution in [0.4, 0.5) is 10.8 Å². The molecule has 15 heteroatoms. The summed E-state index contributed by atoms with van der Waals surface area (Å²) < 4.78 is 4.88. The number of carbonyl (C=O) groups is 4. The number of ether oxygens (including phenoxy) is 1. The normalized spacial score (nSPS) is 10.7. The molecule has 1 aromatic heterocycles. The van der Waals surface area contributed by atoms with Gasteiger partial charge in [-0.15, -0.1) is 23.1 Å². The molecular weight excluding hydrogens is 620 g/mol. The summed E-state index contributed by atoms with van der Waals surface area (Å²) in [6.07, 6.45) is 0.0150. The lowest BCUT2D eigenvalue weighted by atomic mass is 10.1. The maximum Gasteiger partial charge on any atom is 0.338 e.